The average molecular weight is 226 g/mol. The maximum atomic E-state index is 11.9. The third kappa shape index (κ3) is 2.35. The number of nitrogens with zero attached hydrogens (tertiary/aromatic N) is 2. The molecular weight excluding hydrogens is 212 g/mol. The number of aromatic nitrogens is 1. The molecule has 1 fully saturated rings. The van der Waals surface area contributed by atoms with Crippen LogP contribution in [0.2, 0.25) is 0 Å². The fourth-order valence-corrected chi connectivity index (χ4v) is 2.26. The summed E-state index contributed by atoms with van der Waals surface area (Å²) in [5, 5.41) is 9.76. The summed E-state index contributed by atoms with van der Waals surface area (Å²) in [5.41, 5.74) is 1.05. The lowest BCUT2D eigenvalue weighted by Gasteiger charge is -2.35. The summed E-state index contributed by atoms with van der Waals surface area (Å²) in [4.78, 5) is 18.2. The van der Waals surface area contributed by atoms with Crippen molar-refractivity contribution in [2.24, 2.45) is 0 Å². The van der Waals surface area contributed by atoms with Gasteiger partial charge in [0.15, 0.2) is 0 Å². The smallest absolute Gasteiger partial charge is 0.265 e. The summed E-state index contributed by atoms with van der Waals surface area (Å²) in [6, 6.07) is 0. The Labute approximate surface area is 92.6 Å². The fourth-order valence-electron chi connectivity index (χ4n) is 1.67. The Kier molecular flexibility index (Phi) is 2.75. The first-order chi connectivity index (χ1) is 7.08. The number of likely N-dealkylation sites (tertiary alicyclic amines) is 1. The second kappa shape index (κ2) is 3.90. The van der Waals surface area contributed by atoms with Gasteiger partial charge in [0.25, 0.3) is 5.91 Å². The molecule has 1 aliphatic rings. The van der Waals surface area contributed by atoms with E-state index in [1.54, 1.807) is 16.6 Å². The number of amides is 1. The first-order valence-electron chi connectivity index (χ1n) is 4.99. The van der Waals surface area contributed by atoms with Gasteiger partial charge in [-0.2, -0.15) is 0 Å². The molecular formula is C10H14N2O2S. The standard InChI is InChI=1S/C10H14N2O2S/c1-10(14)2-4-12(5-3-10)9(13)8-6-11-7-15-8/h6-7,14H,2-5H2,1H3. The van der Waals surface area contributed by atoms with Crippen LogP contribution in [0.3, 0.4) is 0 Å². The zero-order valence-corrected chi connectivity index (χ0v) is 9.46. The quantitative estimate of drug-likeness (QED) is 0.781. The van der Waals surface area contributed by atoms with Crippen LogP contribution >= 0.6 is 11.3 Å². The number of hydrogen-bond acceptors (Lipinski definition) is 4. The van der Waals surface area contributed by atoms with Gasteiger partial charge in [-0.25, -0.2) is 0 Å². The number of piperidine rings is 1. The van der Waals surface area contributed by atoms with Gasteiger partial charge in [-0.3, -0.25) is 9.78 Å². The van der Waals surface area contributed by atoms with Crippen LogP contribution in [-0.2, 0) is 0 Å². The molecule has 0 bridgehead atoms. The maximum Gasteiger partial charge on any atom is 0.265 e. The third-order valence-corrected chi connectivity index (χ3v) is 3.53. The summed E-state index contributed by atoms with van der Waals surface area (Å²) in [6.45, 7) is 3.08. The van der Waals surface area contributed by atoms with Crippen molar-refractivity contribution in [3.8, 4) is 0 Å². The van der Waals surface area contributed by atoms with Gasteiger partial charge in [0.1, 0.15) is 4.88 Å². The largest absolute Gasteiger partial charge is 0.390 e. The SMILES string of the molecule is CC1(O)CCN(C(=O)c2cncs2)CC1. The predicted octanol–water partition coefficient (Wildman–Crippen LogP) is 1.13. The van der Waals surface area contributed by atoms with Gasteiger partial charge in [0.05, 0.1) is 17.3 Å². The molecule has 1 N–H and O–H groups in total. The van der Waals surface area contributed by atoms with Crippen LogP contribution < -0.4 is 0 Å². The number of hydrogen-bond donors (Lipinski definition) is 1. The van der Waals surface area contributed by atoms with E-state index in [-0.39, 0.29) is 5.91 Å². The lowest BCUT2D eigenvalue weighted by Crippen LogP contribution is -2.44. The topological polar surface area (TPSA) is 53.4 Å². The number of aliphatic hydroxyl groups is 1. The molecule has 82 valence electrons. The summed E-state index contributed by atoms with van der Waals surface area (Å²) < 4.78 is 0. The van der Waals surface area contributed by atoms with Crippen molar-refractivity contribution in [2.75, 3.05) is 13.1 Å². The minimum Gasteiger partial charge on any atom is -0.390 e. The highest BCUT2D eigenvalue weighted by Crippen LogP contribution is 2.22. The Morgan fingerprint density at radius 2 is 2.27 bits per heavy atom. The van der Waals surface area contributed by atoms with E-state index in [9.17, 15) is 9.90 Å². The lowest BCUT2D eigenvalue weighted by molar-refractivity contribution is -0.00188. The van der Waals surface area contributed by atoms with Crippen molar-refractivity contribution in [2.45, 2.75) is 25.4 Å². The Balaban J connectivity index is 2.00. The van der Waals surface area contributed by atoms with E-state index in [1.165, 1.54) is 11.3 Å². The highest BCUT2D eigenvalue weighted by atomic mass is 32.1. The Hall–Kier alpha value is -0.940. The van der Waals surface area contributed by atoms with Crippen LogP contribution in [0, 0.1) is 0 Å². The van der Waals surface area contributed by atoms with Crippen molar-refractivity contribution in [3.63, 3.8) is 0 Å². The maximum absolute atomic E-state index is 11.9. The highest BCUT2D eigenvalue weighted by Gasteiger charge is 2.30. The van der Waals surface area contributed by atoms with Gasteiger partial charge in [-0.15, -0.1) is 11.3 Å². The lowest BCUT2D eigenvalue weighted by atomic mass is 9.94. The predicted molar refractivity (Wildman–Crippen MR) is 57.9 cm³/mol. The fraction of sp³-hybridized carbons (Fsp3) is 0.600. The van der Waals surface area contributed by atoms with Crippen molar-refractivity contribution in [1.82, 2.24) is 9.88 Å². The molecule has 0 unspecified atom stereocenters. The molecule has 0 aliphatic carbocycles. The molecule has 2 rings (SSSR count). The minimum absolute atomic E-state index is 0.0352. The van der Waals surface area contributed by atoms with E-state index in [0.717, 1.165) is 0 Å². The second-order valence-corrected chi connectivity index (χ2v) is 5.04. The first-order valence-corrected chi connectivity index (χ1v) is 5.87. The van der Waals surface area contributed by atoms with Crippen molar-refractivity contribution in [1.29, 1.82) is 0 Å². The normalized spacial score (nSPS) is 20.3. The van der Waals surface area contributed by atoms with Crippen LogP contribution in [-0.4, -0.2) is 39.6 Å². The molecule has 1 saturated heterocycles. The van der Waals surface area contributed by atoms with Gasteiger partial charge < -0.3 is 10.0 Å². The monoisotopic (exact) mass is 226 g/mol. The van der Waals surface area contributed by atoms with Crippen LogP contribution in [0.5, 0.6) is 0 Å². The molecule has 5 heteroatoms. The molecule has 1 amide bonds. The van der Waals surface area contributed by atoms with E-state index in [1.807, 2.05) is 6.92 Å². The van der Waals surface area contributed by atoms with Crippen molar-refractivity contribution < 1.29 is 9.90 Å². The molecule has 15 heavy (non-hydrogen) atoms. The van der Waals surface area contributed by atoms with Crippen molar-refractivity contribution >= 4 is 17.2 Å². The third-order valence-electron chi connectivity index (χ3n) is 2.77. The minimum atomic E-state index is -0.607. The molecule has 4 nitrogen and oxygen atoms in total. The second-order valence-electron chi connectivity index (χ2n) is 4.15. The first kappa shape index (κ1) is 10.6. The van der Waals surface area contributed by atoms with Gasteiger partial charge in [-0.1, -0.05) is 0 Å². The van der Waals surface area contributed by atoms with E-state index in [4.69, 9.17) is 0 Å². The molecule has 1 aromatic heterocycles. The Morgan fingerprint density at radius 3 is 2.80 bits per heavy atom. The molecule has 1 aliphatic heterocycles. The highest BCUT2D eigenvalue weighted by molar-refractivity contribution is 7.11. The molecule has 1 aromatic rings. The number of thiazole rings is 1. The van der Waals surface area contributed by atoms with Gasteiger partial charge in [0, 0.05) is 13.1 Å². The zero-order valence-electron chi connectivity index (χ0n) is 8.64. The number of carbonyl (C=O) groups excluding carboxylic acids is 1. The van der Waals surface area contributed by atoms with Crippen LogP contribution in [0.15, 0.2) is 11.7 Å². The summed E-state index contributed by atoms with van der Waals surface area (Å²) in [6.07, 6.45) is 2.90. The molecule has 0 atom stereocenters. The Bertz CT molecular complexity index is 338. The Morgan fingerprint density at radius 1 is 1.60 bits per heavy atom. The average Bonchev–Trinajstić information content (AvgIpc) is 2.69. The number of rotatable bonds is 1. The summed E-state index contributed by atoms with van der Waals surface area (Å²) in [5.74, 6) is 0.0352. The van der Waals surface area contributed by atoms with Crippen LogP contribution in [0.4, 0.5) is 0 Å². The van der Waals surface area contributed by atoms with E-state index >= 15 is 0 Å². The van der Waals surface area contributed by atoms with Crippen LogP contribution in [0.1, 0.15) is 29.4 Å². The van der Waals surface area contributed by atoms with E-state index in [2.05, 4.69) is 4.98 Å². The summed E-state index contributed by atoms with van der Waals surface area (Å²) >= 11 is 1.36. The molecule has 0 spiro atoms. The van der Waals surface area contributed by atoms with Gasteiger partial charge in [-0.05, 0) is 19.8 Å². The van der Waals surface area contributed by atoms with E-state index < -0.39 is 5.60 Å². The summed E-state index contributed by atoms with van der Waals surface area (Å²) in [7, 11) is 0. The molecule has 2 heterocycles. The van der Waals surface area contributed by atoms with Gasteiger partial charge >= 0.3 is 0 Å². The molecule has 0 radical (unpaired) electrons. The van der Waals surface area contributed by atoms with Crippen LogP contribution in [0.25, 0.3) is 0 Å². The van der Waals surface area contributed by atoms with E-state index in [0.29, 0.717) is 30.8 Å². The van der Waals surface area contributed by atoms with Gasteiger partial charge in [0.2, 0.25) is 0 Å². The molecule has 0 saturated carbocycles. The zero-order chi connectivity index (χ0) is 10.9. The van der Waals surface area contributed by atoms with Crippen molar-refractivity contribution in [3.05, 3.63) is 16.6 Å². The number of carbonyl (C=O) groups is 1. The molecule has 0 aromatic carbocycles.